The van der Waals surface area contributed by atoms with Crippen molar-refractivity contribution in [3.05, 3.63) is 0 Å². The van der Waals surface area contributed by atoms with Crippen LogP contribution in [0.2, 0.25) is 0 Å². The van der Waals surface area contributed by atoms with Gasteiger partial charge < -0.3 is 10.2 Å². The second kappa shape index (κ2) is 2.59. The Balaban J connectivity index is 2.21. The Hall–Kier alpha value is -1.40. The minimum Gasteiger partial charge on any atom is -0.480 e. The average Bonchev–Trinajstić information content (AvgIpc) is 2.48. The number of aliphatic carboxylic acids is 1. The Labute approximate surface area is 83.3 Å². The van der Waals surface area contributed by atoms with Crippen molar-refractivity contribution < 1.29 is 28.6 Å². The van der Waals surface area contributed by atoms with E-state index < -0.39 is 35.9 Å². The number of hydrogen-bond acceptors (Lipinski definition) is 2. The molecule has 2 aliphatic rings. The Morgan fingerprint density at radius 2 is 1.87 bits per heavy atom. The van der Waals surface area contributed by atoms with Gasteiger partial charge in [0.25, 0.3) is 5.92 Å². The van der Waals surface area contributed by atoms with E-state index in [1.165, 1.54) is 0 Å². The molecule has 2 atom stereocenters. The third-order valence-electron chi connectivity index (χ3n) is 3.18. The molecule has 2 rings (SSSR count). The maximum absolute atomic E-state index is 13.0. The van der Waals surface area contributed by atoms with E-state index in [0.717, 1.165) is 0 Å². The number of rotatable bonds is 1. The lowest BCUT2D eigenvalue weighted by molar-refractivity contribution is -0.141. The molecule has 2 fully saturated rings. The van der Waals surface area contributed by atoms with E-state index in [4.69, 9.17) is 10.2 Å². The van der Waals surface area contributed by atoms with Crippen LogP contribution in [0, 0.1) is 5.41 Å². The van der Waals surface area contributed by atoms with Gasteiger partial charge in [-0.15, -0.1) is 0 Å². The Morgan fingerprint density at radius 3 is 2.13 bits per heavy atom. The van der Waals surface area contributed by atoms with Gasteiger partial charge in [0.05, 0.1) is 5.41 Å². The lowest BCUT2D eigenvalue weighted by atomic mass is 10.0. The van der Waals surface area contributed by atoms with Crippen molar-refractivity contribution >= 4 is 12.1 Å². The minimum absolute atomic E-state index is 0.290. The highest BCUT2D eigenvalue weighted by Gasteiger charge is 2.75. The van der Waals surface area contributed by atoms with E-state index in [1.54, 1.807) is 0 Å². The molecule has 1 aliphatic heterocycles. The maximum Gasteiger partial charge on any atom is 0.408 e. The Kier molecular flexibility index (Phi) is 1.75. The predicted molar refractivity (Wildman–Crippen MR) is 42.8 cm³/mol. The molecule has 0 aromatic heterocycles. The number of amides is 1. The zero-order valence-corrected chi connectivity index (χ0v) is 7.61. The first-order chi connectivity index (χ1) is 6.79. The maximum atomic E-state index is 13.0. The molecule has 2 N–H and O–H groups in total. The molecule has 1 heterocycles. The summed E-state index contributed by atoms with van der Waals surface area (Å²) >= 11 is 0. The SMILES string of the molecule is O=C(O)C1CC2(CN1C(=O)O)CC2(F)F. The van der Waals surface area contributed by atoms with Gasteiger partial charge in [-0.25, -0.2) is 18.4 Å². The first-order valence-corrected chi connectivity index (χ1v) is 4.39. The number of hydrogen-bond donors (Lipinski definition) is 2. The number of likely N-dealkylation sites (tertiary alicyclic amines) is 1. The zero-order valence-electron chi connectivity index (χ0n) is 7.61. The van der Waals surface area contributed by atoms with Crippen LogP contribution in [0.1, 0.15) is 12.8 Å². The smallest absolute Gasteiger partial charge is 0.408 e. The summed E-state index contributed by atoms with van der Waals surface area (Å²) < 4.78 is 25.9. The Bertz CT molecular complexity index is 322. The van der Waals surface area contributed by atoms with Gasteiger partial charge >= 0.3 is 12.1 Å². The predicted octanol–water partition coefficient (Wildman–Crippen LogP) is 0.849. The van der Waals surface area contributed by atoms with Crippen LogP contribution in [-0.4, -0.2) is 45.7 Å². The number of alkyl halides is 2. The van der Waals surface area contributed by atoms with Gasteiger partial charge in [0, 0.05) is 13.0 Å². The molecule has 7 heteroatoms. The molecule has 0 radical (unpaired) electrons. The summed E-state index contributed by atoms with van der Waals surface area (Å²) in [6.07, 6.45) is -2.16. The van der Waals surface area contributed by atoms with E-state index in [0.29, 0.717) is 4.90 Å². The summed E-state index contributed by atoms with van der Waals surface area (Å²) in [6, 6.07) is -1.34. The molecule has 0 bridgehead atoms. The van der Waals surface area contributed by atoms with Crippen LogP contribution in [0.5, 0.6) is 0 Å². The summed E-state index contributed by atoms with van der Waals surface area (Å²) in [5.74, 6) is -4.28. The monoisotopic (exact) mass is 221 g/mol. The normalized spacial score (nSPS) is 36.9. The van der Waals surface area contributed by atoms with Crippen LogP contribution in [0.15, 0.2) is 0 Å². The summed E-state index contributed by atoms with van der Waals surface area (Å²) in [6.45, 7) is -0.383. The van der Waals surface area contributed by atoms with Crippen molar-refractivity contribution in [3.63, 3.8) is 0 Å². The molecule has 84 valence electrons. The summed E-state index contributed by atoms with van der Waals surface area (Å²) in [5, 5.41) is 17.4. The molecule has 1 spiro atoms. The van der Waals surface area contributed by atoms with Crippen molar-refractivity contribution in [2.45, 2.75) is 24.8 Å². The fourth-order valence-electron chi connectivity index (χ4n) is 2.18. The number of carbonyl (C=O) groups is 2. The molecule has 5 nitrogen and oxygen atoms in total. The molecule has 15 heavy (non-hydrogen) atoms. The van der Waals surface area contributed by atoms with Gasteiger partial charge in [0.1, 0.15) is 6.04 Å². The van der Waals surface area contributed by atoms with Crippen molar-refractivity contribution in [2.24, 2.45) is 5.41 Å². The Morgan fingerprint density at radius 1 is 1.33 bits per heavy atom. The fraction of sp³-hybridized carbons (Fsp3) is 0.750. The van der Waals surface area contributed by atoms with Crippen molar-refractivity contribution in [1.82, 2.24) is 4.90 Å². The lowest BCUT2D eigenvalue weighted by Gasteiger charge is -2.16. The molecule has 1 amide bonds. The highest BCUT2D eigenvalue weighted by molar-refractivity contribution is 5.80. The van der Waals surface area contributed by atoms with Gasteiger partial charge in [-0.05, 0) is 6.42 Å². The highest BCUT2D eigenvalue weighted by Crippen LogP contribution is 2.66. The van der Waals surface area contributed by atoms with Crippen LogP contribution in [-0.2, 0) is 4.79 Å². The van der Waals surface area contributed by atoms with Crippen LogP contribution < -0.4 is 0 Å². The summed E-state index contributed by atoms with van der Waals surface area (Å²) in [7, 11) is 0. The molecular formula is C8H9F2NO4. The van der Waals surface area contributed by atoms with Crippen molar-refractivity contribution in [1.29, 1.82) is 0 Å². The third kappa shape index (κ3) is 1.25. The summed E-state index contributed by atoms with van der Waals surface area (Å²) in [5.41, 5.74) is -1.42. The van der Waals surface area contributed by atoms with E-state index in [2.05, 4.69) is 0 Å². The largest absolute Gasteiger partial charge is 0.480 e. The molecule has 0 aromatic carbocycles. The van der Waals surface area contributed by atoms with Gasteiger partial charge in [-0.1, -0.05) is 0 Å². The van der Waals surface area contributed by atoms with Crippen LogP contribution >= 0.6 is 0 Å². The average molecular weight is 221 g/mol. The third-order valence-corrected chi connectivity index (χ3v) is 3.18. The van der Waals surface area contributed by atoms with Crippen LogP contribution in [0.3, 0.4) is 0 Å². The first kappa shape index (κ1) is 10.1. The fourth-order valence-corrected chi connectivity index (χ4v) is 2.18. The van der Waals surface area contributed by atoms with E-state index >= 15 is 0 Å². The molecule has 2 unspecified atom stereocenters. The minimum atomic E-state index is -2.91. The standard InChI is InChI=1S/C8H9F2NO4/c9-8(10)2-7(8)1-4(5(12)13)11(3-7)6(14)15/h4H,1-3H2,(H,12,13)(H,14,15). The van der Waals surface area contributed by atoms with Gasteiger partial charge in [0.2, 0.25) is 0 Å². The van der Waals surface area contributed by atoms with E-state index in [1.807, 2.05) is 0 Å². The van der Waals surface area contributed by atoms with Crippen molar-refractivity contribution in [3.8, 4) is 0 Å². The van der Waals surface area contributed by atoms with Gasteiger partial charge in [0.15, 0.2) is 0 Å². The number of halogens is 2. The van der Waals surface area contributed by atoms with Gasteiger partial charge in [-0.3, -0.25) is 4.90 Å². The molecule has 1 saturated heterocycles. The first-order valence-electron chi connectivity index (χ1n) is 4.39. The molecule has 0 aromatic rings. The number of carboxylic acid groups (broad SMARTS) is 2. The van der Waals surface area contributed by atoms with E-state index in [-0.39, 0.29) is 13.0 Å². The zero-order chi connectivity index (χ0) is 11.4. The number of nitrogens with zero attached hydrogens (tertiary/aromatic N) is 1. The summed E-state index contributed by atoms with van der Waals surface area (Å²) in [4.78, 5) is 21.9. The highest BCUT2D eigenvalue weighted by atomic mass is 19.3. The van der Waals surface area contributed by atoms with E-state index in [9.17, 15) is 18.4 Å². The number of carboxylic acids is 1. The van der Waals surface area contributed by atoms with Crippen LogP contribution in [0.4, 0.5) is 13.6 Å². The topological polar surface area (TPSA) is 77.8 Å². The molecule has 1 saturated carbocycles. The van der Waals surface area contributed by atoms with Gasteiger partial charge in [-0.2, -0.15) is 0 Å². The quantitative estimate of drug-likeness (QED) is 0.688. The molecular weight excluding hydrogens is 212 g/mol. The van der Waals surface area contributed by atoms with Crippen molar-refractivity contribution in [2.75, 3.05) is 6.54 Å². The second-order valence-corrected chi connectivity index (χ2v) is 4.13. The molecule has 1 aliphatic carbocycles. The van der Waals surface area contributed by atoms with Crippen LogP contribution in [0.25, 0.3) is 0 Å². The lowest BCUT2D eigenvalue weighted by Crippen LogP contribution is -2.39. The second-order valence-electron chi connectivity index (χ2n) is 4.13.